The van der Waals surface area contributed by atoms with Crippen molar-refractivity contribution in [2.75, 3.05) is 26.2 Å². The van der Waals surface area contributed by atoms with Crippen molar-refractivity contribution < 1.29 is 9.66 Å². The summed E-state index contributed by atoms with van der Waals surface area (Å²) in [6, 6.07) is 5.03. The maximum absolute atomic E-state index is 11.1. The van der Waals surface area contributed by atoms with Gasteiger partial charge in [0.25, 0.3) is 5.69 Å². The van der Waals surface area contributed by atoms with E-state index in [1.54, 1.807) is 31.3 Å². The van der Waals surface area contributed by atoms with Crippen LogP contribution in [-0.4, -0.2) is 41.2 Å². The number of nitro groups is 1. The predicted molar refractivity (Wildman–Crippen MR) is 92.1 cm³/mol. The molecule has 1 saturated heterocycles. The molecule has 1 aliphatic heterocycles. The second-order valence-corrected chi connectivity index (χ2v) is 6.03. The van der Waals surface area contributed by atoms with Crippen molar-refractivity contribution in [3.05, 3.63) is 40.1 Å². The van der Waals surface area contributed by atoms with E-state index in [4.69, 9.17) is 4.74 Å². The Balaban J connectivity index is 1.67. The van der Waals surface area contributed by atoms with Crippen LogP contribution in [0.5, 0.6) is 5.75 Å². The maximum Gasteiger partial charge on any atom is 0.273 e. The molecule has 1 fully saturated rings. The minimum atomic E-state index is -0.372. The molecule has 128 valence electrons. The molecule has 0 aliphatic carbocycles. The first-order valence-corrected chi connectivity index (χ1v) is 8.30. The Bertz CT molecular complexity index is 729. The van der Waals surface area contributed by atoms with E-state index in [9.17, 15) is 10.1 Å². The number of nitrogens with one attached hydrogen (secondary N) is 1. The quantitative estimate of drug-likeness (QED) is 0.498. The molecule has 3 rings (SSSR count). The van der Waals surface area contributed by atoms with Crippen LogP contribution in [0.4, 0.5) is 5.69 Å². The Morgan fingerprint density at radius 2 is 2.12 bits per heavy atom. The number of aromatic nitrogens is 1. The van der Waals surface area contributed by atoms with E-state index in [1.807, 2.05) is 0 Å². The Morgan fingerprint density at radius 1 is 1.33 bits per heavy atom. The fraction of sp³-hybridized carbons (Fsp3) is 0.471. The highest BCUT2D eigenvalue weighted by atomic mass is 16.6. The second-order valence-electron chi connectivity index (χ2n) is 6.03. The fourth-order valence-corrected chi connectivity index (χ4v) is 3.00. The van der Waals surface area contributed by atoms with Crippen LogP contribution in [0.25, 0.3) is 10.9 Å². The van der Waals surface area contributed by atoms with Crippen LogP contribution in [-0.2, 0) is 0 Å². The third-order valence-corrected chi connectivity index (χ3v) is 4.27. The third kappa shape index (κ3) is 3.80. The average Bonchev–Trinajstić information content (AvgIpc) is 2.58. The Labute approximate surface area is 140 Å². The van der Waals surface area contributed by atoms with Crippen molar-refractivity contribution in [3.8, 4) is 5.75 Å². The van der Waals surface area contributed by atoms with Crippen LogP contribution >= 0.6 is 0 Å². The molecule has 7 nitrogen and oxygen atoms in total. The molecule has 2 aromatic rings. The minimum absolute atomic E-state index is 0.0896. The largest absolute Gasteiger partial charge is 0.491 e. The average molecular weight is 330 g/mol. The summed E-state index contributed by atoms with van der Waals surface area (Å²) in [6.45, 7) is 5.07. The lowest BCUT2D eigenvalue weighted by Gasteiger charge is -2.27. The summed E-state index contributed by atoms with van der Waals surface area (Å²) in [6.07, 6.45) is 5.43. The highest BCUT2D eigenvalue weighted by Gasteiger charge is 2.15. The normalized spacial score (nSPS) is 15.5. The van der Waals surface area contributed by atoms with Gasteiger partial charge in [0, 0.05) is 42.8 Å². The van der Waals surface area contributed by atoms with E-state index in [2.05, 4.69) is 15.4 Å². The zero-order chi connectivity index (χ0) is 16.9. The van der Waals surface area contributed by atoms with Crippen molar-refractivity contribution in [2.24, 2.45) is 0 Å². The summed E-state index contributed by atoms with van der Waals surface area (Å²) < 4.78 is 5.83. The lowest BCUT2D eigenvalue weighted by Crippen LogP contribution is -2.43. The number of hydrazine groups is 1. The molecule has 0 saturated carbocycles. The SMILES string of the molecule is Cc1cc2nccc(OCCNN3CCCCC3)c2cc1[N+](=O)[O-]. The molecular weight excluding hydrogens is 308 g/mol. The number of hydrogen-bond acceptors (Lipinski definition) is 6. The van der Waals surface area contributed by atoms with Crippen molar-refractivity contribution in [1.29, 1.82) is 0 Å². The van der Waals surface area contributed by atoms with Gasteiger partial charge < -0.3 is 4.74 Å². The molecule has 0 unspecified atom stereocenters. The van der Waals surface area contributed by atoms with Gasteiger partial charge in [-0.2, -0.15) is 0 Å². The highest BCUT2D eigenvalue weighted by Crippen LogP contribution is 2.30. The van der Waals surface area contributed by atoms with Crippen molar-refractivity contribution >= 4 is 16.6 Å². The van der Waals surface area contributed by atoms with Crippen molar-refractivity contribution in [3.63, 3.8) is 0 Å². The number of nitrogens with zero attached hydrogens (tertiary/aromatic N) is 3. The highest BCUT2D eigenvalue weighted by molar-refractivity contribution is 5.87. The standard InChI is InChI=1S/C17H22N4O3/c1-13-11-15-14(12-16(13)21(22)23)17(5-6-18-15)24-10-7-19-20-8-3-2-4-9-20/h5-6,11-12,19H,2-4,7-10H2,1H3. The number of piperidine rings is 1. The maximum atomic E-state index is 11.1. The molecule has 0 bridgehead atoms. The number of fused-ring (bicyclic) bond motifs is 1. The molecule has 0 amide bonds. The Kier molecular flexibility index (Phi) is 5.22. The molecule has 0 atom stereocenters. The number of rotatable bonds is 6. The minimum Gasteiger partial charge on any atom is -0.491 e. The molecular formula is C17H22N4O3. The van der Waals surface area contributed by atoms with Gasteiger partial charge in [-0.05, 0) is 31.9 Å². The summed E-state index contributed by atoms with van der Waals surface area (Å²) in [5.74, 6) is 0.628. The summed E-state index contributed by atoms with van der Waals surface area (Å²) in [5.41, 5.74) is 4.76. The first-order chi connectivity index (χ1) is 11.6. The van der Waals surface area contributed by atoms with Crippen LogP contribution in [0.15, 0.2) is 24.4 Å². The van der Waals surface area contributed by atoms with E-state index in [0.29, 0.717) is 35.4 Å². The number of aryl methyl sites for hydroxylation is 1. The topological polar surface area (TPSA) is 80.5 Å². The molecule has 1 aromatic carbocycles. The lowest BCUT2D eigenvalue weighted by atomic mass is 10.1. The van der Waals surface area contributed by atoms with Gasteiger partial charge >= 0.3 is 0 Å². The van der Waals surface area contributed by atoms with Crippen LogP contribution in [0.1, 0.15) is 24.8 Å². The van der Waals surface area contributed by atoms with E-state index in [1.165, 1.54) is 19.3 Å². The Morgan fingerprint density at radius 3 is 2.88 bits per heavy atom. The number of pyridine rings is 1. The molecule has 0 radical (unpaired) electrons. The molecule has 24 heavy (non-hydrogen) atoms. The summed E-state index contributed by atoms with van der Waals surface area (Å²) in [5, 5.41) is 14.0. The number of nitro benzene ring substituents is 1. The van der Waals surface area contributed by atoms with Crippen molar-refractivity contribution in [2.45, 2.75) is 26.2 Å². The van der Waals surface area contributed by atoms with E-state index < -0.39 is 0 Å². The predicted octanol–water partition coefficient (Wildman–Crippen LogP) is 2.82. The third-order valence-electron chi connectivity index (χ3n) is 4.27. The number of ether oxygens (including phenoxy) is 1. The van der Waals surface area contributed by atoms with Gasteiger partial charge in [-0.25, -0.2) is 5.01 Å². The van der Waals surface area contributed by atoms with E-state index in [0.717, 1.165) is 13.1 Å². The Hall–Kier alpha value is -2.25. The van der Waals surface area contributed by atoms with Crippen LogP contribution in [0.3, 0.4) is 0 Å². The summed E-state index contributed by atoms with van der Waals surface area (Å²) in [7, 11) is 0. The van der Waals surface area contributed by atoms with Crippen LogP contribution < -0.4 is 10.2 Å². The molecule has 0 spiro atoms. The fourth-order valence-electron chi connectivity index (χ4n) is 3.00. The molecule has 1 aromatic heterocycles. The number of hydrogen-bond donors (Lipinski definition) is 1. The monoisotopic (exact) mass is 330 g/mol. The van der Waals surface area contributed by atoms with Crippen LogP contribution in [0.2, 0.25) is 0 Å². The van der Waals surface area contributed by atoms with Gasteiger partial charge in [0.05, 0.1) is 10.4 Å². The number of benzene rings is 1. The molecule has 7 heteroatoms. The molecule has 1 N–H and O–H groups in total. The first kappa shape index (κ1) is 16.6. The summed E-state index contributed by atoms with van der Waals surface area (Å²) >= 11 is 0. The van der Waals surface area contributed by atoms with E-state index in [-0.39, 0.29) is 10.6 Å². The lowest BCUT2D eigenvalue weighted by molar-refractivity contribution is -0.385. The zero-order valence-electron chi connectivity index (χ0n) is 13.8. The van der Waals surface area contributed by atoms with E-state index >= 15 is 0 Å². The van der Waals surface area contributed by atoms with Crippen LogP contribution in [0, 0.1) is 17.0 Å². The van der Waals surface area contributed by atoms with Gasteiger partial charge in [0.2, 0.25) is 0 Å². The van der Waals surface area contributed by atoms with Crippen molar-refractivity contribution in [1.82, 2.24) is 15.4 Å². The van der Waals surface area contributed by atoms with Gasteiger partial charge in [-0.15, -0.1) is 0 Å². The second kappa shape index (κ2) is 7.55. The molecule has 2 heterocycles. The van der Waals surface area contributed by atoms with Gasteiger partial charge in [0.1, 0.15) is 12.4 Å². The van der Waals surface area contributed by atoms with Gasteiger partial charge in [-0.1, -0.05) is 6.42 Å². The zero-order valence-corrected chi connectivity index (χ0v) is 13.8. The summed E-state index contributed by atoms with van der Waals surface area (Å²) in [4.78, 5) is 15.0. The smallest absolute Gasteiger partial charge is 0.273 e. The van der Waals surface area contributed by atoms with Gasteiger partial charge in [0.15, 0.2) is 0 Å². The molecule has 1 aliphatic rings. The first-order valence-electron chi connectivity index (χ1n) is 8.30. The van der Waals surface area contributed by atoms with Gasteiger partial charge in [-0.3, -0.25) is 20.5 Å².